The van der Waals surface area contributed by atoms with Crippen LogP contribution in [-0.2, 0) is 0 Å². The molecule has 0 rings (SSSR count). The summed E-state index contributed by atoms with van der Waals surface area (Å²) in [5.74, 6) is 1.92. The summed E-state index contributed by atoms with van der Waals surface area (Å²) < 4.78 is 0. The van der Waals surface area contributed by atoms with E-state index in [9.17, 15) is 0 Å². The zero-order valence-electron chi connectivity index (χ0n) is 5.37. The Kier molecular flexibility index (Phi) is 348. The van der Waals surface area contributed by atoms with Gasteiger partial charge in [-0.05, 0) is 0 Å². The summed E-state index contributed by atoms with van der Waals surface area (Å²) in [4.78, 5) is 0. The molecule has 0 aliphatic heterocycles. The Morgan fingerprint density at radius 3 is 1.00 bits per heavy atom. The number of hydrogen-bond acceptors (Lipinski definition) is 0. The van der Waals surface area contributed by atoms with Gasteiger partial charge in [-0.15, -0.1) is 0 Å². The summed E-state index contributed by atoms with van der Waals surface area (Å²) in [6, 6.07) is 0. The van der Waals surface area contributed by atoms with Gasteiger partial charge in [0.25, 0.3) is 0 Å². The molecule has 0 N–H and O–H groups in total. The van der Waals surface area contributed by atoms with Gasteiger partial charge in [-0.2, -0.15) is 0 Å². The molecule has 0 atom stereocenters. The third kappa shape index (κ3) is 116. The van der Waals surface area contributed by atoms with Crippen molar-refractivity contribution in [2.24, 2.45) is 0 Å². The molecule has 0 aromatic heterocycles. The van der Waals surface area contributed by atoms with Gasteiger partial charge in [0, 0.05) is 0 Å². The van der Waals surface area contributed by atoms with E-state index in [1.165, 1.54) is 5.28 Å². The van der Waals surface area contributed by atoms with Crippen LogP contribution < -0.4 is 58.8 Å². The predicted octanol–water partition coefficient (Wildman–Crippen LogP) is -11.2. The smallest absolute Gasteiger partial charge is 1.00 e. The van der Waals surface area contributed by atoms with Gasteiger partial charge in [0.2, 0.25) is 0 Å². The summed E-state index contributed by atoms with van der Waals surface area (Å²) in [5, 5.41) is 1.17. The van der Waals surface area contributed by atoms with Gasteiger partial charge in [-0.1, -0.05) is 0 Å². The summed E-state index contributed by atoms with van der Waals surface area (Å²) >= 11 is 5.00. The molecule has 0 unspecified atom stereocenters. The molecule has 0 fully saturated rings. The van der Waals surface area contributed by atoms with E-state index in [1.54, 1.807) is 0 Å². The number of hydrogen-bond donors (Lipinski definition) is 0. The van der Waals surface area contributed by atoms with Crippen molar-refractivity contribution in [3.63, 3.8) is 0 Å². The predicted molar refractivity (Wildman–Crippen MR) is 27.9 cm³/mol. The topological polar surface area (TPSA) is 0 Å². The van der Waals surface area contributed by atoms with Crippen LogP contribution in [0.2, 0.25) is 11.1 Å². The fourth-order valence-electron chi connectivity index (χ4n) is 0. The third-order valence-corrected chi connectivity index (χ3v) is 0. The Morgan fingerprint density at radius 1 is 1.00 bits per heavy atom. The molecule has 0 aromatic carbocycles. The van der Waals surface area contributed by atoms with Gasteiger partial charge < -0.3 is 58.8 Å². The average molecular weight is 329 g/mol. The van der Waals surface area contributed by atoms with Gasteiger partial charge in [-0.25, -0.2) is 0 Å². The van der Waals surface area contributed by atoms with Crippen LogP contribution >= 0.6 is 0 Å². The Morgan fingerprint density at radius 2 is 1.00 bits per heavy atom. The molecule has 0 aliphatic rings. The van der Waals surface area contributed by atoms with E-state index in [0.717, 1.165) is 0 Å². The molecular formula is C3H8Al2Br2Cl2. The first-order chi connectivity index (χ1) is 2.41. The van der Waals surface area contributed by atoms with Gasteiger partial charge >= 0.3 is 50.6 Å². The van der Waals surface area contributed by atoms with Crippen molar-refractivity contribution in [2.45, 2.75) is 18.0 Å². The van der Waals surface area contributed by atoms with E-state index < -0.39 is 0 Å². The maximum Gasteiger partial charge on any atom is -1.00 e. The Labute approximate surface area is 108 Å². The first-order valence-electron chi connectivity index (χ1n) is 1.69. The van der Waals surface area contributed by atoms with Crippen molar-refractivity contribution in [1.82, 2.24) is 0 Å². The Hall–Kier alpha value is 2.60. The molecule has 0 aliphatic carbocycles. The largest absolute Gasteiger partial charge is 1.00 e. The summed E-state index contributed by atoms with van der Waals surface area (Å²) in [6.45, 7) is 2.09. The van der Waals surface area contributed by atoms with Gasteiger partial charge in [0.15, 0.2) is 0 Å². The molecule has 0 bridgehead atoms. The van der Waals surface area contributed by atoms with Crippen LogP contribution in [0.1, 0.15) is 6.92 Å². The van der Waals surface area contributed by atoms with Crippen LogP contribution in [0, 0.1) is 0 Å². The number of halogens is 4. The fraction of sp³-hybridized carbons (Fsp3) is 1.00. The summed E-state index contributed by atoms with van der Waals surface area (Å²) in [7, 11) is 0. The van der Waals surface area contributed by atoms with E-state index in [4.69, 9.17) is 0 Å². The molecule has 0 saturated carbocycles. The second kappa shape index (κ2) is 75.3. The molecule has 0 nitrogen and oxygen atoms in total. The molecular weight excluding hydrogens is 321 g/mol. The van der Waals surface area contributed by atoms with E-state index >= 15 is 0 Å². The SMILES string of the molecule is C[CH2][Al+2].[Br-].[Br-].[CH3][Al+2].[Cl-].[Cl-]. The maximum atomic E-state index is 2.58. The molecule has 0 aromatic rings. The number of rotatable bonds is 0. The van der Waals surface area contributed by atoms with Crippen LogP contribution in [0.3, 0.4) is 0 Å². The monoisotopic (exact) mass is 326 g/mol. The molecule has 9 heavy (non-hydrogen) atoms. The molecule has 0 heterocycles. The molecule has 0 amide bonds. The van der Waals surface area contributed by atoms with Gasteiger partial charge in [0.1, 0.15) is 0 Å². The van der Waals surface area contributed by atoms with E-state index in [2.05, 4.69) is 39.5 Å². The first kappa shape index (κ1) is 41.5. The van der Waals surface area contributed by atoms with Crippen molar-refractivity contribution < 1.29 is 58.8 Å². The van der Waals surface area contributed by atoms with E-state index in [0.29, 0.717) is 0 Å². The molecule has 6 heteroatoms. The molecule has 0 saturated heterocycles. The minimum absolute atomic E-state index is 0. The van der Waals surface area contributed by atoms with Crippen molar-refractivity contribution in [3.05, 3.63) is 0 Å². The minimum atomic E-state index is 0. The van der Waals surface area contributed by atoms with Crippen LogP contribution in [0.4, 0.5) is 0 Å². The molecule has 54 valence electrons. The van der Waals surface area contributed by atoms with Crippen LogP contribution in [-0.4, -0.2) is 32.6 Å². The van der Waals surface area contributed by atoms with Crippen molar-refractivity contribution in [2.75, 3.05) is 0 Å². The maximum absolute atomic E-state index is 2.58. The normalized spacial score (nSPS) is 2.89. The molecule has 0 radical (unpaired) electrons. The zero-order valence-corrected chi connectivity index (χ0v) is 12.4. The van der Waals surface area contributed by atoms with E-state index in [1.807, 2.05) is 5.79 Å². The fourth-order valence-corrected chi connectivity index (χ4v) is 0. The molecule has 0 spiro atoms. The average Bonchev–Trinajstić information content (AvgIpc) is 1.46. The van der Waals surface area contributed by atoms with Crippen LogP contribution in [0.5, 0.6) is 0 Å². The van der Waals surface area contributed by atoms with Crippen LogP contribution in [0.15, 0.2) is 0 Å². The Bertz CT molecular complexity index is 17.8. The van der Waals surface area contributed by atoms with Crippen molar-refractivity contribution >= 4 is 32.6 Å². The second-order valence-corrected chi connectivity index (χ2v) is 1.22. The van der Waals surface area contributed by atoms with Crippen molar-refractivity contribution in [3.8, 4) is 0 Å². The second-order valence-electron chi connectivity index (χ2n) is 0.408. The van der Waals surface area contributed by atoms with Gasteiger partial charge in [0.05, 0.1) is 0 Å². The first-order valence-corrected chi connectivity index (χ1v) is 3.66. The standard InChI is InChI=1S/C2H5.CH3.2Al.2BrH.2ClH/c1-2;;;;;;;/h1H2,2H3;1H3;;;4*1H/q;;2*+2;;;;/p-4. The minimum Gasteiger partial charge on any atom is -1.00 e. The van der Waals surface area contributed by atoms with E-state index in [-0.39, 0.29) is 58.8 Å². The Balaban J connectivity index is -0.00000000357. The summed E-state index contributed by atoms with van der Waals surface area (Å²) in [6.07, 6.45) is 0. The zero-order chi connectivity index (χ0) is 4.71. The van der Waals surface area contributed by atoms with Crippen LogP contribution in [0.25, 0.3) is 0 Å². The van der Waals surface area contributed by atoms with Crippen molar-refractivity contribution in [1.29, 1.82) is 0 Å². The quantitative estimate of drug-likeness (QED) is 0.388. The van der Waals surface area contributed by atoms with Gasteiger partial charge in [-0.3, -0.25) is 0 Å². The summed E-state index contributed by atoms with van der Waals surface area (Å²) in [5.41, 5.74) is 0. The third-order valence-electron chi connectivity index (χ3n) is 0.